The maximum atomic E-state index is 14.7. The van der Waals surface area contributed by atoms with Gasteiger partial charge >= 0.3 is 0 Å². The summed E-state index contributed by atoms with van der Waals surface area (Å²) in [6.07, 6.45) is 11.7. The molecule has 7 rings (SSSR count). The summed E-state index contributed by atoms with van der Waals surface area (Å²) in [7, 11) is 3.94. The van der Waals surface area contributed by atoms with Crippen LogP contribution in [0.2, 0.25) is 0 Å². The van der Waals surface area contributed by atoms with Crippen molar-refractivity contribution in [2.45, 2.75) is 38.5 Å². The van der Waals surface area contributed by atoms with E-state index >= 15 is 0 Å². The zero-order valence-electron chi connectivity index (χ0n) is 26.6. The normalized spacial score (nSPS) is 13.9. The molecule has 1 aliphatic carbocycles. The maximum absolute atomic E-state index is 14.7. The third-order valence-electron chi connectivity index (χ3n) is 8.89. The second kappa shape index (κ2) is 13.3. The molecule has 1 saturated carbocycles. The molecule has 6 aromatic rings. The van der Waals surface area contributed by atoms with Crippen LogP contribution in [-0.4, -0.2) is 63.2 Å². The van der Waals surface area contributed by atoms with Gasteiger partial charge in [0.2, 0.25) is 5.91 Å². The lowest BCUT2D eigenvalue weighted by atomic mass is 9.87. The number of rotatable bonds is 10. The van der Waals surface area contributed by atoms with Crippen molar-refractivity contribution >= 4 is 33.5 Å². The molecule has 1 amide bonds. The van der Waals surface area contributed by atoms with Crippen LogP contribution in [0.1, 0.15) is 38.5 Å². The van der Waals surface area contributed by atoms with Crippen molar-refractivity contribution < 1.29 is 13.9 Å². The van der Waals surface area contributed by atoms with Gasteiger partial charge in [0, 0.05) is 47.8 Å². The second-order valence-electron chi connectivity index (χ2n) is 12.7. The zero-order chi connectivity index (χ0) is 32.3. The lowest BCUT2D eigenvalue weighted by molar-refractivity contribution is -0.117. The Morgan fingerprint density at radius 3 is 2.70 bits per heavy atom. The number of nitrogens with zero attached hydrogens (tertiary/aromatic N) is 4. The molecule has 0 unspecified atom stereocenters. The van der Waals surface area contributed by atoms with Gasteiger partial charge in [-0.1, -0.05) is 25.3 Å². The minimum absolute atomic E-state index is 0.0431. The van der Waals surface area contributed by atoms with Crippen molar-refractivity contribution in [1.82, 2.24) is 30.0 Å². The van der Waals surface area contributed by atoms with E-state index in [4.69, 9.17) is 4.74 Å². The first-order valence-electron chi connectivity index (χ1n) is 16.2. The number of benzene rings is 2. The first-order chi connectivity index (χ1) is 22.9. The molecule has 1 fully saturated rings. The molecule has 47 heavy (non-hydrogen) atoms. The molecule has 0 radical (unpaired) electrons. The SMILES string of the molecule is CN(C)CCOc1cc(F)cc(-c2ccnc3[nH]c(-c4n[nH]c5ccc(-c6cncc(NC(=O)CC7CCCCC7)c6)cc45)cc23)c1. The van der Waals surface area contributed by atoms with Crippen molar-refractivity contribution in [1.29, 1.82) is 0 Å². The van der Waals surface area contributed by atoms with Crippen LogP contribution in [0, 0.1) is 11.7 Å². The summed E-state index contributed by atoms with van der Waals surface area (Å²) in [6.45, 7) is 1.18. The number of H-pyrrole nitrogens is 2. The number of halogens is 1. The average molecular weight is 632 g/mol. The Bertz CT molecular complexity index is 2040. The Morgan fingerprint density at radius 2 is 1.85 bits per heavy atom. The highest BCUT2D eigenvalue weighted by Crippen LogP contribution is 2.36. The van der Waals surface area contributed by atoms with Gasteiger partial charge in [-0.2, -0.15) is 5.10 Å². The Labute approximate surface area is 272 Å². The molecule has 0 spiro atoms. The van der Waals surface area contributed by atoms with Crippen LogP contribution >= 0.6 is 0 Å². The minimum Gasteiger partial charge on any atom is -0.492 e. The fraction of sp³-hybridized carbons (Fsp3) is 0.297. The van der Waals surface area contributed by atoms with Gasteiger partial charge < -0.3 is 19.9 Å². The largest absolute Gasteiger partial charge is 0.492 e. The van der Waals surface area contributed by atoms with E-state index in [1.165, 1.54) is 31.4 Å². The van der Waals surface area contributed by atoms with Crippen molar-refractivity contribution in [3.63, 3.8) is 0 Å². The Kier molecular flexibility index (Phi) is 8.67. The van der Waals surface area contributed by atoms with E-state index in [9.17, 15) is 9.18 Å². The van der Waals surface area contributed by atoms with Crippen LogP contribution in [0.25, 0.3) is 55.6 Å². The highest BCUT2D eigenvalue weighted by molar-refractivity contribution is 6.01. The van der Waals surface area contributed by atoms with Gasteiger partial charge in [-0.25, -0.2) is 9.37 Å². The van der Waals surface area contributed by atoms with Crippen LogP contribution < -0.4 is 10.1 Å². The lowest BCUT2D eigenvalue weighted by Crippen LogP contribution is -2.19. The summed E-state index contributed by atoms with van der Waals surface area (Å²) < 4.78 is 20.6. The van der Waals surface area contributed by atoms with E-state index in [1.54, 1.807) is 18.6 Å². The number of amides is 1. The first-order valence-corrected chi connectivity index (χ1v) is 16.2. The zero-order valence-corrected chi connectivity index (χ0v) is 26.6. The molecule has 3 N–H and O–H groups in total. The van der Waals surface area contributed by atoms with Crippen molar-refractivity contribution in [3.05, 3.63) is 79.0 Å². The predicted octanol–water partition coefficient (Wildman–Crippen LogP) is 7.82. The van der Waals surface area contributed by atoms with Gasteiger partial charge in [0.05, 0.1) is 23.1 Å². The number of aromatic amines is 2. The molecular formula is C37H38FN7O2. The highest BCUT2D eigenvalue weighted by atomic mass is 19.1. The van der Waals surface area contributed by atoms with E-state index in [0.29, 0.717) is 41.6 Å². The fourth-order valence-corrected chi connectivity index (χ4v) is 6.48. The minimum atomic E-state index is -0.365. The summed E-state index contributed by atoms with van der Waals surface area (Å²) in [4.78, 5) is 27.2. The summed E-state index contributed by atoms with van der Waals surface area (Å²) >= 11 is 0. The lowest BCUT2D eigenvalue weighted by Gasteiger charge is -2.20. The number of likely N-dealkylation sites (N-methyl/N-ethyl adjacent to an activating group) is 1. The van der Waals surface area contributed by atoms with Gasteiger partial charge in [0.15, 0.2) is 0 Å². The Balaban J connectivity index is 1.16. The molecule has 1 aliphatic rings. The third kappa shape index (κ3) is 6.88. The summed E-state index contributed by atoms with van der Waals surface area (Å²) in [5.74, 6) is 0.629. The van der Waals surface area contributed by atoms with E-state index in [2.05, 4.69) is 36.5 Å². The molecular weight excluding hydrogens is 593 g/mol. The molecule has 0 aliphatic heterocycles. The molecule has 9 nitrogen and oxygen atoms in total. The van der Waals surface area contributed by atoms with Gasteiger partial charge in [0.1, 0.15) is 29.5 Å². The number of nitrogens with one attached hydrogen (secondary N) is 3. The highest BCUT2D eigenvalue weighted by Gasteiger charge is 2.18. The molecule has 10 heteroatoms. The molecule has 0 atom stereocenters. The monoisotopic (exact) mass is 631 g/mol. The summed E-state index contributed by atoms with van der Waals surface area (Å²) in [5, 5.41) is 12.6. The number of pyridine rings is 2. The Morgan fingerprint density at radius 1 is 0.979 bits per heavy atom. The molecule has 0 bridgehead atoms. The standard InChI is InChI=1S/C37H38FN7O2/c1-45(2)12-13-47-29-17-25(15-27(38)19-29)30-10-11-40-37-31(30)20-34(42-37)36-32-18-24(8-9-33(32)43-44-36)26-16-28(22-39-21-26)41-35(46)14-23-6-4-3-5-7-23/h8-11,15-23H,3-7,12-14H2,1-2H3,(H,40,42)(H,41,46)(H,43,44). The average Bonchev–Trinajstić information content (AvgIpc) is 3.69. The number of hydrogen-bond acceptors (Lipinski definition) is 6. The molecule has 240 valence electrons. The molecule has 2 aromatic carbocycles. The van der Waals surface area contributed by atoms with Gasteiger partial charge in [-0.3, -0.25) is 14.9 Å². The number of aromatic nitrogens is 5. The van der Waals surface area contributed by atoms with Crippen LogP contribution in [0.3, 0.4) is 0 Å². The van der Waals surface area contributed by atoms with Crippen LogP contribution in [0.4, 0.5) is 10.1 Å². The third-order valence-corrected chi connectivity index (χ3v) is 8.89. The second-order valence-corrected chi connectivity index (χ2v) is 12.7. The van der Waals surface area contributed by atoms with E-state index < -0.39 is 0 Å². The smallest absolute Gasteiger partial charge is 0.224 e. The first kappa shape index (κ1) is 30.6. The molecule has 4 heterocycles. The number of hydrogen-bond donors (Lipinski definition) is 3. The maximum Gasteiger partial charge on any atom is 0.224 e. The van der Waals surface area contributed by atoms with E-state index in [0.717, 1.165) is 63.8 Å². The summed E-state index contributed by atoms with van der Waals surface area (Å²) in [5.41, 5.74) is 7.14. The number of carbonyl (C=O) groups is 1. The number of anilines is 1. The van der Waals surface area contributed by atoms with Gasteiger partial charge in [-0.15, -0.1) is 0 Å². The number of fused-ring (bicyclic) bond motifs is 2. The fourth-order valence-electron chi connectivity index (χ4n) is 6.48. The molecule has 4 aromatic heterocycles. The van der Waals surface area contributed by atoms with E-state index in [1.807, 2.05) is 55.4 Å². The number of ether oxygens (including phenoxy) is 1. The van der Waals surface area contributed by atoms with E-state index in [-0.39, 0.29) is 11.7 Å². The summed E-state index contributed by atoms with van der Waals surface area (Å²) in [6, 6.07) is 16.7. The van der Waals surface area contributed by atoms with Crippen LogP contribution in [-0.2, 0) is 4.79 Å². The van der Waals surface area contributed by atoms with Gasteiger partial charge in [0.25, 0.3) is 0 Å². The van der Waals surface area contributed by atoms with Crippen molar-refractivity contribution in [2.75, 3.05) is 32.6 Å². The van der Waals surface area contributed by atoms with Crippen LogP contribution in [0.15, 0.2) is 73.2 Å². The van der Waals surface area contributed by atoms with Gasteiger partial charge in [-0.05, 0) is 92.0 Å². The Hall–Kier alpha value is -5.09. The molecule has 0 saturated heterocycles. The number of carbonyl (C=O) groups excluding carboxylic acids is 1. The topological polar surface area (TPSA) is 112 Å². The van der Waals surface area contributed by atoms with Crippen LogP contribution in [0.5, 0.6) is 5.75 Å². The predicted molar refractivity (Wildman–Crippen MR) is 184 cm³/mol. The van der Waals surface area contributed by atoms with Crippen molar-refractivity contribution in [3.8, 4) is 39.4 Å². The quantitative estimate of drug-likeness (QED) is 0.142. The van der Waals surface area contributed by atoms with Crippen molar-refractivity contribution in [2.24, 2.45) is 5.92 Å².